The highest BCUT2D eigenvalue weighted by molar-refractivity contribution is 6.31. The number of carbonyl (C=O) groups is 1. The maximum atomic E-state index is 11.9. The molecule has 0 aliphatic heterocycles. The summed E-state index contributed by atoms with van der Waals surface area (Å²) in [5, 5.41) is 4.66. The molecule has 2 aromatic rings. The lowest BCUT2D eigenvalue weighted by Gasteiger charge is -2.02. The summed E-state index contributed by atoms with van der Waals surface area (Å²) < 4.78 is 1.78. The van der Waals surface area contributed by atoms with Crippen LogP contribution in [0.4, 0.5) is 0 Å². The van der Waals surface area contributed by atoms with E-state index in [2.05, 4.69) is 5.10 Å². The second-order valence-corrected chi connectivity index (χ2v) is 4.32. The molecule has 0 fully saturated rings. The Balaban J connectivity index is 2.01. The van der Waals surface area contributed by atoms with Crippen molar-refractivity contribution in [1.82, 2.24) is 9.78 Å². The highest BCUT2D eigenvalue weighted by atomic mass is 35.5. The Bertz CT molecular complexity index is 534. The minimum Gasteiger partial charge on any atom is -0.294 e. The van der Waals surface area contributed by atoms with Gasteiger partial charge >= 0.3 is 0 Å². The van der Waals surface area contributed by atoms with Crippen LogP contribution in [0, 0.1) is 0 Å². The largest absolute Gasteiger partial charge is 0.294 e. The number of rotatable bonds is 4. The molecule has 0 radical (unpaired) electrons. The molecule has 0 saturated carbocycles. The van der Waals surface area contributed by atoms with Gasteiger partial charge in [0.1, 0.15) is 0 Å². The standard InChI is InChI=1S/C13H13ClN2O/c1-16-12(7-8-15-16)5-6-13(17)10-3-2-4-11(14)9-10/h2-4,7-9H,5-6H2,1H3. The Morgan fingerprint density at radius 3 is 2.88 bits per heavy atom. The van der Waals surface area contributed by atoms with Gasteiger partial charge < -0.3 is 0 Å². The number of aromatic nitrogens is 2. The summed E-state index contributed by atoms with van der Waals surface area (Å²) in [6, 6.07) is 8.97. The number of hydrogen-bond donors (Lipinski definition) is 0. The molecule has 0 aliphatic carbocycles. The molecule has 2 rings (SSSR count). The molecule has 17 heavy (non-hydrogen) atoms. The Morgan fingerprint density at radius 2 is 2.24 bits per heavy atom. The van der Waals surface area contributed by atoms with Crippen molar-refractivity contribution in [3.63, 3.8) is 0 Å². The van der Waals surface area contributed by atoms with Crippen LogP contribution in [0.5, 0.6) is 0 Å². The molecule has 0 saturated heterocycles. The normalized spacial score (nSPS) is 10.5. The zero-order valence-corrected chi connectivity index (χ0v) is 10.3. The van der Waals surface area contributed by atoms with E-state index in [1.165, 1.54) is 0 Å². The zero-order chi connectivity index (χ0) is 12.3. The van der Waals surface area contributed by atoms with Crippen LogP contribution < -0.4 is 0 Å². The van der Waals surface area contributed by atoms with Gasteiger partial charge in [0.15, 0.2) is 5.78 Å². The van der Waals surface area contributed by atoms with E-state index in [9.17, 15) is 4.79 Å². The summed E-state index contributed by atoms with van der Waals surface area (Å²) in [7, 11) is 1.87. The molecule has 0 N–H and O–H groups in total. The molecule has 4 heteroatoms. The molecule has 0 atom stereocenters. The van der Waals surface area contributed by atoms with Crippen molar-refractivity contribution in [2.75, 3.05) is 0 Å². The number of nitrogens with zero attached hydrogens (tertiary/aromatic N) is 2. The maximum absolute atomic E-state index is 11.9. The molecule has 88 valence electrons. The van der Waals surface area contributed by atoms with Crippen molar-refractivity contribution >= 4 is 17.4 Å². The highest BCUT2D eigenvalue weighted by Crippen LogP contribution is 2.13. The number of benzene rings is 1. The molecule has 0 unspecified atom stereocenters. The van der Waals surface area contributed by atoms with Gasteiger partial charge in [0, 0.05) is 35.9 Å². The Morgan fingerprint density at radius 1 is 1.41 bits per heavy atom. The first-order valence-electron chi connectivity index (χ1n) is 5.42. The van der Waals surface area contributed by atoms with Crippen LogP contribution in [0.3, 0.4) is 0 Å². The van der Waals surface area contributed by atoms with E-state index in [-0.39, 0.29) is 5.78 Å². The van der Waals surface area contributed by atoms with Gasteiger partial charge in [0.05, 0.1) is 0 Å². The predicted octanol–water partition coefficient (Wildman–Crippen LogP) is 2.89. The van der Waals surface area contributed by atoms with E-state index >= 15 is 0 Å². The summed E-state index contributed by atoms with van der Waals surface area (Å²) in [6.45, 7) is 0. The SMILES string of the molecule is Cn1nccc1CCC(=O)c1cccc(Cl)c1. The first kappa shape index (κ1) is 11.9. The molecule has 0 spiro atoms. The van der Waals surface area contributed by atoms with Gasteiger partial charge in [0.25, 0.3) is 0 Å². The van der Waals surface area contributed by atoms with Crippen LogP contribution in [0.15, 0.2) is 36.5 Å². The fourth-order valence-electron chi connectivity index (χ4n) is 1.69. The topological polar surface area (TPSA) is 34.9 Å². The van der Waals surface area contributed by atoms with E-state index in [0.29, 0.717) is 23.4 Å². The fraction of sp³-hybridized carbons (Fsp3) is 0.231. The smallest absolute Gasteiger partial charge is 0.163 e. The molecule has 1 heterocycles. The van der Waals surface area contributed by atoms with Gasteiger partial charge in [-0.1, -0.05) is 23.7 Å². The summed E-state index contributed by atoms with van der Waals surface area (Å²) in [6.07, 6.45) is 2.90. The summed E-state index contributed by atoms with van der Waals surface area (Å²) in [4.78, 5) is 11.9. The molecular formula is C13H13ClN2O. The van der Waals surface area contributed by atoms with Crippen LogP contribution in [0.1, 0.15) is 22.5 Å². The Kier molecular flexibility index (Phi) is 3.59. The Labute approximate surface area is 105 Å². The lowest BCUT2D eigenvalue weighted by molar-refractivity contribution is 0.0982. The van der Waals surface area contributed by atoms with Gasteiger partial charge in [0.2, 0.25) is 0 Å². The van der Waals surface area contributed by atoms with Crippen LogP contribution in [-0.4, -0.2) is 15.6 Å². The second-order valence-electron chi connectivity index (χ2n) is 3.88. The summed E-state index contributed by atoms with van der Waals surface area (Å²) in [5.74, 6) is 0.105. The van der Waals surface area contributed by atoms with Gasteiger partial charge in [-0.3, -0.25) is 9.48 Å². The maximum Gasteiger partial charge on any atom is 0.163 e. The first-order chi connectivity index (χ1) is 8.16. The third kappa shape index (κ3) is 2.94. The minimum atomic E-state index is 0.105. The zero-order valence-electron chi connectivity index (χ0n) is 9.56. The fourth-order valence-corrected chi connectivity index (χ4v) is 1.88. The van der Waals surface area contributed by atoms with Gasteiger partial charge in [-0.2, -0.15) is 5.10 Å². The summed E-state index contributed by atoms with van der Waals surface area (Å²) in [5.41, 5.74) is 1.72. The molecule has 0 aliphatic rings. The van der Waals surface area contributed by atoms with Crippen molar-refractivity contribution in [3.05, 3.63) is 52.8 Å². The average molecular weight is 249 g/mol. The van der Waals surface area contributed by atoms with Crippen molar-refractivity contribution in [1.29, 1.82) is 0 Å². The molecule has 0 bridgehead atoms. The number of ketones is 1. The second kappa shape index (κ2) is 5.15. The van der Waals surface area contributed by atoms with Crippen molar-refractivity contribution in [3.8, 4) is 0 Å². The number of aryl methyl sites for hydroxylation is 2. The predicted molar refractivity (Wildman–Crippen MR) is 67.3 cm³/mol. The van der Waals surface area contributed by atoms with Crippen LogP contribution in [0.2, 0.25) is 5.02 Å². The third-order valence-corrected chi connectivity index (χ3v) is 2.91. The van der Waals surface area contributed by atoms with Gasteiger partial charge in [-0.25, -0.2) is 0 Å². The number of halogens is 1. The van der Waals surface area contributed by atoms with Gasteiger partial charge in [-0.05, 0) is 24.6 Å². The lowest BCUT2D eigenvalue weighted by atomic mass is 10.1. The molecule has 3 nitrogen and oxygen atoms in total. The van der Waals surface area contributed by atoms with Crippen molar-refractivity contribution < 1.29 is 4.79 Å². The van der Waals surface area contributed by atoms with Crippen LogP contribution in [0.25, 0.3) is 0 Å². The number of carbonyl (C=O) groups excluding carboxylic acids is 1. The lowest BCUT2D eigenvalue weighted by Crippen LogP contribution is -2.04. The van der Waals surface area contributed by atoms with E-state index < -0.39 is 0 Å². The molecular weight excluding hydrogens is 236 g/mol. The third-order valence-electron chi connectivity index (χ3n) is 2.68. The van der Waals surface area contributed by atoms with Crippen LogP contribution in [-0.2, 0) is 13.5 Å². The molecule has 1 aromatic heterocycles. The first-order valence-corrected chi connectivity index (χ1v) is 5.80. The monoisotopic (exact) mass is 248 g/mol. The van der Waals surface area contributed by atoms with Crippen molar-refractivity contribution in [2.45, 2.75) is 12.8 Å². The quantitative estimate of drug-likeness (QED) is 0.780. The van der Waals surface area contributed by atoms with E-state index in [0.717, 1.165) is 5.69 Å². The number of Topliss-reactive ketones (excluding diaryl/α,β-unsaturated/α-hetero) is 1. The Hall–Kier alpha value is -1.61. The minimum absolute atomic E-state index is 0.105. The molecule has 0 amide bonds. The van der Waals surface area contributed by atoms with Gasteiger partial charge in [-0.15, -0.1) is 0 Å². The average Bonchev–Trinajstić information content (AvgIpc) is 2.72. The van der Waals surface area contributed by atoms with E-state index in [4.69, 9.17) is 11.6 Å². The highest BCUT2D eigenvalue weighted by Gasteiger charge is 2.08. The summed E-state index contributed by atoms with van der Waals surface area (Å²) >= 11 is 5.85. The molecule has 1 aromatic carbocycles. The number of hydrogen-bond acceptors (Lipinski definition) is 2. The van der Waals surface area contributed by atoms with Crippen molar-refractivity contribution in [2.24, 2.45) is 7.05 Å². The van der Waals surface area contributed by atoms with E-state index in [1.54, 1.807) is 35.1 Å². The van der Waals surface area contributed by atoms with Crippen LogP contribution >= 0.6 is 11.6 Å². The van der Waals surface area contributed by atoms with E-state index in [1.807, 2.05) is 13.1 Å².